The summed E-state index contributed by atoms with van der Waals surface area (Å²) in [5.74, 6) is 0. The Morgan fingerprint density at radius 1 is 1.08 bits per heavy atom. The molecule has 0 aliphatic carbocycles. The molecule has 0 aliphatic rings. The fourth-order valence-electron chi connectivity index (χ4n) is 2.10. The summed E-state index contributed by atoms with van der Waals surface area (Å²) in [5, 5.41) is 2.64. The van der Waals surface area contributed by atoms with Crippen molar-refractivity contribution in [2.45, 2.75) is 6.42 Å². The highest BCUT2D eigenvalue weighted by Crippen LogP contribution is 2.17. The Kier molecular flexibility index (Phi) is 6.97. The van der Waals surface area contributed by atoms with Gasteiger partial charge in [-0.3, -0.25) is 5.32 Å². The molecule has 6 heteroatoms. The van der Waals surface area contributed by atoms with E-state index in [-0.39, 0.29) is 13.2 Å². The van der Waals surface area contributed by atoms with Crippen LogP contribution < -0.4 is 5.32 Å². The third-order valence-corrected chi connectivity index (χ3v) is 3.27. The van der Waals surface area contributed by atoms with Gasteiger partial charge in [0.25, 0.3) is 0 Å². The first-order valence-corrected chi connectivity index (χ1v) is 7.63. The maximum Gasteiger partial charge on any atom is 0.411 e. The minimum Gasteiger partial charge on any atom is -0.498 e. The molecule has 0 heterocycles. The van der Waals surface area contributed by atoms with Crippen molar-refractivity contribution in [3.8, 4) is 0 Å². The highest BCUT2D eigenvalue weighted by atomic mass is 16.6. The molecule has 0 unspecified atom stereocenters. The summed E-state index contributed by atoms with van der Waals surface area (Å²) in [6, 6.07) is 14.8. The van der Waals surface area contributed by atoms with Gasteiger partial charge in [-0.1, -0.05) is 30.8 Å². The van der Waals surface area contributed by atoms with Crippen molar-refractivity contribution in [2.75, 3.05) is 18.5 Å². The van der Waals surface area contributed by atoms with Gasteiger partial charge in [0.1, 0.15) is 13.2 Å². The van der Waals surface area contributed by atoms with E-state index < -0.39 is 6.09 Å². The van der Waals surface area contributed by atoms with Gasteiger partial charge in [0, 0.05) is 5.69 Å². The minimum absolute atomic E-state index is 0.153. The van der Waals surface area contributed by atoms with Gasteiger partial charge in [-0.15, -0.1) is 0 Å². The number of benzene rings is 2. The molecule has 0 saturated heterocycles. The predicted octanol–water partition coefficient (Wildman–Crippen LogP) is 3.95. The van der Waals surface area contributed by atoms with Crippen molar-refractivity contribution in [3.63, 3.8) is 0 Å². The van der Waals surface area contributed by atoms with Crippen molar-refractivity contribution in [3.05, 3.63) is 72.5 Å². The highest BCUT2D eigenvalue weighted by molar-refractivity contribution is 5.84. The van der Waals surface area contributed by atoms with Crippen molar-refractivity contribution in [1.82, 2.24) is 0 Å². The zero-order valence-corrected chi connectivity index (χ0v) is 13.6. The Morgan fingerprint density at radius 2 is 1.72 bits per heavy atom. The molecule has 0 aliphatic heterocycles. The number of rotatable bonds is 8. The number of isocyanates is 1. The quantitative estimate of drug-likeness (QED) is 0.342. The fraction of sp³-hybridized carbons (Fsp3) is 0.158. The topological polar surface area (TPSA) is 77.0 Å². The van der Waals surface area contributed by atoms with E-state index in [0.717, 1.165) is 17.5 Å². The fourth-order valence-corrected chi connectivity index (χ4v) is 2.10. The summed E-state index contributed by atoms with van der Waals surface area (Å²) in [6.07, 6.45) is 3.00. The van der Waals surface area contributed by atoms with E-state index in [4.69, 9.17) is 9.47 Å². The smallest absolute Gasteiger partial charge is 0.411 e. The second kappa shape index (κ2) is 9.70. The van der Waals surface area contributed by atoms with E-state index in [0.29, 0.717) is 11.4 Å². The first kappa shape index (κ1) is 18.0. The number of hydrogen-bond donors (Lipinski definition) is 1. The molecule has 25 heavy (non-hydrogen) atoms. The molecule has 0 spiro atoms. The van der Waals surface area contributed by atoms with Gasteiger partial charge < -0.3 is 9.47 Å². The largest absolute Gasteiger partial charge is 0.498 e. The summed E-state index contributed by atoms with van der Waals surface area (Å²) in [7, 11) is 0. The molecule has 128 valence electrons. The number of amides is 1. The van der Waals surface area contributed by atoms with E-state index in [9.17, 15) is 9.59 Å². The zero-order valence-electron chi connectivity index (χ0n) is 13.6. The Balaban J connectivity index is 1.85. The average Bonchev–Trinajstić information content (AvgIpc) is 2.62. The maximum absolute atomic E-state index is 11.6. The van der Waals surface area contributed by atoms with E-state index in [1.165, 1.54) is 12.3 Å². The Morgan fingerprint density at radius 3 is 2.32 bits per heavy atom. The molecule has 1 N–H and O–H groups in total. The lowest BCUT2D eigenvalue weighted by atomic mass is 10.0. The molecule has 6 nitrogen and oxygen atoms in total. The lowest BCUT2D eigenvalue weighted by Crippen LogP contribution is -2.16. The highest BCUT2D eigenvalue weighted by Gasteiger charge is 2.03. The van der Waals surface area contributed by atoms with Gasteiger partial charge in [-0.2, -0.15) is 4.99 Å². The average molecular weight is 338 g/mol. The monoisotopic (exact) mass is 338 g/mol. The van der Waals surface area contributed by atoms with E-state index in [1.54, 1.807) is 12.1 Å². The van der Waals surface area contributed by atoms with Crippen LogP contribution in [0.25, 0.3) is 0 Å². The summed E-state index contributed by atoms with van der Waals surface area (Å²) < 4.78 is 9.81. The van der Waals surface area contributed by atoms with Crippen LogP contribution in [0.4, 0.5) is 16.2 Å². The molecule has 1 amide bonds. The lowest BCUT2D eigenvalue weighted by Gasteiger charge is -2.08. The second-order valence-electron chi connectivity index (χ2n) is 5.04. The molecule has 0 bridgehead atoms. The van der Waals surface area contributed by atoms with Crippen LogP contribution in [0, 0.1) is 0 Å². The summed E-state index contributed by atoms with van der Waals surface area (Å²) in [5.41, 5.74) is 3.40. The van der Waals surface area contributed by atoms with Gasteiger partial charge >= 0.3 is 6.09 Å². The minimum atomic E-state index is -0.535. The molecule has 2 aromatic rings. The molecule has 2 aromatic carbocycles. The van der Waals surface area contributed by atoms with Crippen LogP contribution in [-0.2, 0) is 20.7 Å². The van der Waals surface area contributed by atoms with Crippen molar-refractivity contribution >= 4 is 23.5 Å². The predicted molar refractivity (Wildman–Crippen MR) is 94.6 cm³/mol. The number of nitrogens with zero attached hydrogens (tertiary/aromatic N) is 1. The van der Waals surface area contributed by atoms with E-state index in [2.05, 4.69) is 16.9 Å². The molecular weight excluding hydrogens is 320 g/mol. The number of carbonyl (C=O) groups is 1. The van der Waals surface area contributed by atoms with Crippen molar-refractivity contribution < 1.29 is 19.1 Å². The number of carbonyl (C=O) groups excluding carboxylic acids is 2. The van der Waals surface area contributed by atoms with E-state index >= 15 is 0 Å². The van der Waals surface area contributed by atoms with Gasteiger partial charge in [0.15, 0.2) is 0 Å². The number of nitrogens with one attached hydrogen (secondary N) is 1. The maximum atomic E-state index is 11.6. The van der Waals surface area contributed by atoms with Gasteiger partial charge in [0.05, 0.1) is 11.9 Å². The third kappa shape index (κ3) is 6.33. The van der Waals surface area contributed by atoms with Crippen LogP contribution in [0.15, 0.2) is 66.4 Å². The summed E-state index contributed by atoms with van der Waals surface area (Å²) in [6.45, 7) is 3.82. The van der Waals surface area contributed by atoms with Crippen LogP contribution in [0.1, 0.15) is 11.1 Å². The second-order valence-corrected chi connectivity index (χ2v) is 5.04. The molecule has 0 radical (unpaired) electrons. The summed E-state index contributed by atoms with van der Waals surface area (Å²) in [4.78, 5) is 25.3. The Hall–Kier alpha value is -3.37. The summed E-state index contributed by atoms with van der Waals surface area (Å²) >= 11 is 0. The van der Waals surface area contributed by atoms with E-state index in [1.807, 2.05) is 36.4 Å². The first-order chi connectivity index (χ1) is 12.2. The Labute approximate surface area is 145 Å². The molecule has 2 rings (SSSR count). The Bertz CT molecular complexity index is 748. The van der Waals surface area contributed by atoms with Crippen LogP contribution in [0.3, 0.4) is 0 Å². The van der Waals surface area contributed by atoms with Crippen LogP contribution in [-0.4, -0.2) is 25.4 Å². The lowest BCUT2D eigenvalue weighted by molar-refractivity contribution is 0.123. The van der Waals surface area contributed by atoms with Crippen LogP contribution in [0.5, 0.6) is 0 Å². The molecule has 0 fully saturated rings. The molecule has 0 atom stereocenters. The first-order valence-electron chi connectivity index (χ1n) is 7.63. The van der Waals surface area contributed by atoms with Crippen molar-refractivity contribution in [1.29, 1.82) is 0 Å². The number of ether oxygens (including phenoxy) is 2. The van der Waals surface area contributed by atoms with Gasteiger partial charge in [-0.05, 0) is 41.8 Å². The number of aliphatic imine (C=N–C) groups is 1. The molecular formula is C19H18N2O4. The van der Waals surface area contributed by atoms with Gasteiger partial charge in [0.2, 0.25) is 6.08 Å². The van der Waals surface area contributed by atoms with Crippen molar-refractivity contribution in [2.24, 2.45) is 4.99 Å². The molecule has 0 aromatic heterocycles. The SMILES string of the molecule is C=COCCOC(=O)Nc1ccc(Cc2ccc(N=C=O)cc2)cc1. The third-order valence-electron chi connectivity index (χ3n) is 3.27. The normalized spacial score (nSPS) is 9.60. The number of anilines is 1. The standard InChI is InChI=1S/C19H18N2O4/c1-2-24-11-12-25-19(23)21-18-9-5-16(6-10-18)13-15-3-7-17(8-4-15)20-14-22/h2-10H,1,11-13H2,(H,21,23). The molecule has 0 saturated carbocycles. The number of hydrogen-bond acceptors (Lipinski definition) is 5. The van der Waals surface area contributed by atoms with Gasteiger partial charge in [-0.25, -0.2) is 9.59 Å². The zero-order chi connectivity index (χ0) is 17.9. The van der Waals surface area contributed by atoms with Crippen LogP contribution >= 0.6 is 0 Å². The van der Waals surface area contributed by atoms with Crippen LogP contribution in [0.2, 0.25) is 0 Å².